The Kier molecular flexibility index (Phi) is 8.79. The number of alkyl halides is 1. The minimum atomic E-state index is -0.770. The predicted molar refractivity (Wildman–Crippen MR) is 126 cm³/mol. The number of carbonyl (C=O) groups is 2. The van der Waals surface area contributed by atoms with Crippen LogP contribution in [0.5, 0.6) is 0 Å². The number of benzene rings is 2. The number of nitrogens with one attached hydrogen (secondary N) is 1. The van der Waals surface area contributed by atoms with Crippen molar-refractivity contribution in [1.82, 2.24) is 10.2 Å². The van der Waals surface area contributed by atoms with Gasteiger partial charge < -0.3 is 10.2 Å². The Balaban J connectivity index is 1.92. The topological polar surface area (TPSA) is 49.4 Å². The second kappa shape index (κ2) is 11.5. The summed E-state index contributed by atoms with van der Waals surface area (Å²) < 4.78 is 0. The second-order valence-electron chi connectivity index (χ2n) is 8.29. The standard InChI is InChI=1S/C25H30Cl2N2O2/c1-18-8-10-19(11-9-18)17-29(23(30)16-26)24(20-12-14-21(27)15-13-20)25(31)28-22-6-4-2-3-5-7-22/h8-15,22,24H,2-7,16-17H2,1H3,(H,28,31)/t24-/m0/s1. The van der Waals surface area contributed by atoms with Crippen molar-refractivity contribution in [3.8, 4) is 0 Å². The van der Waals surface area contributed by atoms with Gasteiger partial charge in [0, 0.05) is 17.6 Å². The van der Waals surface area contributed by atoms with E-state index in [0.29, 0.717) is 11.6 Å². The highest BCUT2D eigenvalue weighted by Gasteiger charge is 2.32. The Morgan fingerprint density at radius 2 is 1.61 bits per heavy atom. The lowest BCUT2D eigenvalue weighted by atomic mass is 10.0. The number of hydrogen-bond acceptors (Lipinski definition) is 2. The molecule has 0 spiro atoms. The molecule has 31 heavy (non-hydrogen) atoms. The van der Waals surface area contributed by atoms with Crippen LogP contribution in [0, 0.1) is 6.92 Å². The van der Waals surface area contributed by atoms with Gasteiger partial charge in [0.2, 0.25) is 11.8 Å². The summed E-state index contributed by atoms with van der Waals surface area (Å²) in [6.45, 7) is 2.32. The number of hydrogen-bond donors (Lipinski definition) is 1. The molecule has 1 fully saturated rings. The molecule has 0 unspecified atom stereocenters. The zero-order valence-electron chi connectivity index (χ0n) is 17.9. The van der Waals surface area contributed by atoms with Gasteiger partial charge in [-0.3, -0.25) is 9.59 Å². The predicted octanol–water partition coefficient (Wildman–Crippen LogP) is 5.80. The van der Waals surface area contributed by atoms with E-state index in [0.717, 1.165) is 42.4 Å². The lowest BCUT2D eigenvalue weighted by Gasteiger charge is -2.32. The molecule has 0 aromatic heterocycles. The highest BCUT2D eigenvalue weighted by atomic mass is 35.5. The molecule has 1 aliphatic rings. The molecule has 1 aliphatic carbocycles. The maximum atomic E-state index is 13.5. The Hall–Kier alpha value is -2.04. The first-order valence-corrected chi connectivity index (χ1v) is 11.9. The molecule has 0 saturated heterocycles. The molecule has 3 rings (SSSR count). The van der Waals surface area contributed by atoms with Crippen molar-refractivity contribution < 1.29 is 9.59 Å². The molecule has 4 nitrogen and oxygen atoms in total. The van der Waals surface area contributed by atoms with Crippen LogP contribution in [0.3, 0.4) is 0 Å². The number of amides is 2. The molecule has 2 amide bonds. The Morgan fingerprint density at radius 1 is 1.00 bits per heavy atom. The average molecular weight is 461 g/mol. The third-order valence-corrected chi connectivity index (χ3v) is 6.34. The van der Waals surface area contributed by atoms with Crippen molar-refractivity contribution in [3.05, 3.63) is 70.2 Å². The minimum absolute atomic E-state index is 0.136. The molecule has 6 heteroatoms. The van der Waals surface area contributed by atoms with Crippen molar-refractivity contribution in [3.63, 3.8) is 0 Å². The molecular formula is C25H30Cl2N2O2. The summed E-state index contributed by atoms with van der Waals surface area (Å²) in [7, 11) is 0. The summed E-state index contributed by atoms with van der Waals surface area (Å²) in [5.74, 6) is -0.634. The molecule has 2 aromatic carbocycles. The minimum Gasteiger partial charge on any atom is -0.351 e. The molecule has 166 valence electrons. The van der Waals surface area contributed by atoms with Crippen LogP contribution < -0.4 is 5.32 Å². The lowest BCUT2D eigenvalue weighted by Crippen LogP contribution is -2.46. The van der Waals surface area contributed by atoms with E-state index in [1.54, 1.807) is 17.0 Å². The zero-order chi connectivity index (χ0) is 22.2. The van der Waals surface area contributed by atoms with E-state index in [-0.39, 0.29) is 23.7 Å². The first-order chi connectivity index (χ1) is 15.0. The van der Waals surface area contributed by atoms with Gasteiger partial charge in [-0.05, 0) is 43.0 Å². The monoisotopic (exact) mass is 460 g/mol. The van der Waals surface area contributed by atoms with Crippen molar-refractivity contribution in [2.45, 2.75) is 64.1 Å². The summed E-state index contributed by atoms with van der Waals surface area (Å²) in [6.07, 6.45) is 6.59. The number of rotatable bonds is 7. The maximum Gasteiger partial charge on any atom is 0.247 e. The van der Waals surface area contributed by atoms with Crippen LogP contribution in [0.1, 0.15) is 61.3 Å². The number of carbonyl (C=O) groups excluding carboxylic acids is 2. The fourth-order valence-electron chi connectivity index (χ4n) is 4.11. The van der Waals surface area contributed by atoms with Gasteiger partial charge in [-0.2, -0.15) is 0 Å². The van der Waals surface area contributed by atoms with E-state index < -0.39 is 6.04 Å². The van der Waals surface area contributed by atoms with E-state index in [1.807, 2.05) is 43.3 Å². The van der Waals surface area contributed by atoms with Crippen LogP contribution in [-0.4, -0.2) is 28.6 Å². The summed E-state index contributed by atoms with van der Waals surface area (Å²) in [6, 6.07) is 14.4. The largest absolute Gasteiger partial charge is 0.351 e. The van der Waals surface area contributed by atoms with Gasteiger partial charge in [0.15, 0.2) is 0 Å². The van der Waals surface area contributed by atoms with Crippen LogP contribution in [-0.2, 0) is 16.1 Å². The smallest absolute Gasteiger partial charge is 0.247 e. The lowest BCUT2D eigenvalue weighted by molar-refractivity contribution is -0.140. The van der Waals surface area contributed by atoms with E-state index >= 15 is 0 Å². The molecule has 0 heterocycles. The molecule has 0 aliphatic heterocycles. The van der Waals surface area contributed by atoms with Gasteiger partial charge in [0.05, 0.1) is 0 Å². The SMILES string of the molecule is Cc1ccc(CN(C(=O)CCl)[C@H](C(=O)NC2CCCCCC2)c2ccc(Cl)cc2)cc1. The molecule has 1 N–H and O–H groups in total. The molecule has 0 bridgehead atoms. The van der Waals surface area contributed by atoms with E-state index in [1.165, 1.54) is 12.8 Å². The Morgan fingerprint density at radius 3 is 2.19 bits per heavy atom. The van der Waals surface area contributed by atoms with Gasteiger partial charge in [0.1, 0.15) is 11.9 Å². The maximum absolute atomic E-state index is 13.5. The molecule has 1 atom stereocenters. The van der Waals surface area contributed by atoms with Gasteiger partial charge in [-0.1, -0.05) is 79.2 Å². The second-order valence-corrected chi connectivity index (χ2v) is 9.00. The van der Waals surface area contributed by atoms with Crippen molar-refractivity contribution in [1.29, 1.82) is 0 Å². The zero-order valence-corrected chi connectivity index (χ0v) is 19.5. The summed E-state index contributed by atoms with van der Waals surface area (Å²) >= 11 is 12.1. The molecular weight excluding hydrogens is 431 g/mol. The van der Waals surface area contributed by atoms with Crippen LogP contribution >= 0.6 is 23.2 Å². The Labute approximate surface area is 194 Å². The summed E-state index contributed by atoms with van der Waals surface area (Å²) in [5.41, 5.74) is 2.81. The first-order valence-electron chi connectivity index (χ1n) is 10.9. The van der Waals surface area contributed by atoms with E-state index in [9.17, 15) is 9.59 Å². The van der Waals surface area contributed by atoms with Gasteiger partial charge in [0.25, 0.3) is 0 Å². The van der Waals surface area contributed by atoms with Gasteiger partial charge >= 0.3 is 0 Å². The molecule has 0 radical (unpaired) electrons. The van der Waals surface area contributed by atoms with Crippen LogP contribution in [0.15, 0.2) is 48.5 Å². The van der Waals surface area contributed by atoms with Crippen molar-refractivity contribution in [2.75, 3.05) is 5.88 Å². The third kappa shape index (κ3) is 6.72. The highest BCUT2D eigenvalue weighted by Crippen LogP contribution is 2.27. The first kappa shape index (κ1) is 23.6. The normalized spacial score (nSPS) is 15.7. The highest BCUT2D eigenvalue weighted by molar-refractivity contribution is 6.30. The number of nitrogens with zero attached hydrogens (tertiary/aromatic N) is 1. The summed E-state index contributed by atoms with van der Waals surface area (Å²) in [5, 5.41) is 3.80. The van der Waals surface area contributed by atoms with Gasteiger partial charge in [-0.25, -0.2) is 0 Å². The quantitative estimate of drug-likeness (QED) is 0.419. The van der Waals surface area contributed by atoms with E-state index in [2.05, 4.69) is 5.32 Å². The van der Waals surface area contributed by atoms with E-state index in [4.69, 9.17) is 23.2 Å². The number of aryl methyl sites for hydroxylation is 1. The molecule has 2 aromatic rings. The van der Waals surface area contributed by atoms with Crippen LogP contribution in [0.25, 0.3) is 0 Å². The third-order valence-electron chi connectivity index (χ3n) is 5.86. The fourth-order valence-corrected chi connectivity index (χ4v) is 4.39. The fraction of sp³-hybridized carbons (Fsp3) is 0.440. The Bertz CT molecular complexity index is 860. The summed E-state index contributed by atoms with van der Waals surface area (Å²) in [4.78, 5) is 28.0. The number of halogens is 2. The molecule has 1 saturated carbocycles. The van der Waals surface area contributed by atoms with Crippen molar-refractivity contribution >= 4 is 35.0 Å². The van der Waals surface area contributed by atoms with Gasteiger partial charge in [-0.15, -0.1) is 11.6 Å². The van der Waals surface area contributed by atoms with Crippen molar-refractivity contribution in [2.24, 2.45) is 0 Å². The average Bonchev–Trinajstić information content (AvgIpc) is 3.04. The van der Waals surface area contributed by atoms with Crippen LogP contribution in [0.4, 0.5) is 0 Å². The van der Waals surface area contributed by atoms with Crippen LogP contribution in [0.2, 0.25) is 5.02 Å².